The molecule has 1 saturated carbocycles. The lowest BCUT2D eigenvalue weighted by atomic mass is 9.77. The van der Waals surface area contributed by atoms with E-state index in [1.54, 1.807) is 6.92 Å². The number of amides is 3. The molecule has 0 bridgehead atoms. The lowest BCUT2D eigenvalue weighted by molar-refractivity contribution is -0.224. The first kappa shape index (κ1) is 20.9. The lowest BCUT2D eigenvalue weighted by Crippen LogP contribution is -2.65. The molecule has 2 saturated heterocycles. The molecule has 5 N–H and O–H groups in total. The Bertz CT molecular complexity index is 633. The number of carbonyl (C=O) groups is 3. The molecule has 3 unspecified atom stereocenters. The van der Waals surface area contributed by atoms with Crippen LogP contribution in [0.4, 0.5) is 4.79 Å². The highest BCUT2D eigenvalue weighted by Crippen LogP contribution is 2.42. The molecular weight excluding hydrogens is 376 g/mol. The summed E-state index contributed by atoms with van der Waals surface area (Å²) >= 11 is 0. The molecule has 2 heterocycles. The van der Waals surface area contributed by atoms with Crippen LogP contribution < -0.4 is 0 Å². The molecule has 0 aromatic rings. The van der Waals surface area contributed by atoms with Gasteiger partial charge in [0.25, 0.3) is 0 Å². The number of imide groups is 1. The highest BCUT2D eigenvalue weighted by Gasteiger charge is 2.54. The SMILES string of the molecule is CCN1C(=O)CC2(CCN(C(=O)O[C@@H]3C(O)C(O)[C@@H](O)C(O)[C@H]3O)CC2)C1=O. The zero-order valence-corrected chi connectivity index (χ0v) is 15.5. The van der Waals surface area contributed by atoms with Crippen LogP contribution in [-0.2, 0) is 14.3 Å². The minimum Gasteiger partial charge on any atom is -0.440 e. The molecule has 1 aliphatic carbocycles. The average Bonchev–Trinajstić information content (AvgIpc) is 2.91. The van der Waals surface area contributed by atoms with Crippen LogP contribution in [0.25, 0.3) is 0 Å². The fraction of sp³-hybridized carbons (Fsp3) is 0.824. The highest BCUT2D eigenvalue weighted by atomic mass is 16.6. The summed E-state index contributed by atoms with van der Waals surface area (Å²) in [7, 11) is 0. The van der Waals surface area contributed by atoms with Crippen LogP contribution in [-0.4, -0.2) is 109 Å². The minimum atomic E-state index is -1.79. The summed E-state index contributed by atoms with van der Waals surface area (Å²) in [6, 6.07) is 0. The predicted molar refractivity (Wildman–Crippen MR) is 90.6 cm³/mol. The first-order chi connectivity index (χ1) is 13.1. The summed E-state index contributed by atoms with van der Waals surface area (Å²) in [6.45, 7) is 2.31. The second-order valence-corrected chi connectivity index (χ2v) is 7.69. The number of nitrogens with zero attached hydrogens (tertiary/aromatic N) is 2. The van der Waals surface area contributed by atoms with Gasteiger partial charge in [0, 0.05) is 26.1 Å². The summed E-state index contributed by atoms with van der Waals surface area (Å²) in [5, 5.41) is 48.9. The Labute approximate surface area is 161 Å². The minimum absolute atomic E-state index is 0.110. The number of hydrogen-bond acceptors (Lipinski definition) is 9. The highest BCUT2D eigenvalue weighted by molar-refractivity contribution is 6.06. The van der Waals surface area contributed by atoms with E-state index >= 15 is 0 Å². The monoisotopic (exact) mass is 402 g/mol. The molecule has 1 spiro atoms. The van der Waals surface area contributed by atoms with Crippen molar-refractivity contribution in [2.45, 2.75) is 62.8 Å². The molecule has 6 atom stereocenters. The van der Waals surface area contributed by atoms with Crippen molar-refractivity contribution in [2.75, 3.05) is 19.6 Å². The van der Waals surface area contributed by atoms with Gasteiger partial charge in [-0.05, 0) is 19.8 Å². The van der Waals surface area contributed by atoms with E-state index in [0.717, 1.165) is 0 Å². The van der Waals surface area contributed by atoms with Crippen LogP contribution in [0.3, 0.4) is 0 Å². The molecule has 0 aromatic carbocycles. The second kappa shape index (κ2) is 7.56. The molecule has 0 radical (unpaired) electrons. The maximum Gasteiger partial charge on any atom is 0.410 e. The summed E-state index contributed by atoms with van der Waals surface area (Å²) in [5.41, 5.74) is -0.815. The molecule has 11 nitrogen and oxygen atoms in total. The van der Waals surface area contributed by atoms with Gasteiger partial charge in [0.15, 0.2) is 6.10 Å². The van der Waals surface area contributed by atoms with Gasteiger partial charge < -0.3 is 35.2 Å². The number of ether oxygens (including phenoxy) is 1. The number of likely N-dealkylation sites (tertiary alicyclic amines) is 2. The van der Waals surface area contributed by atoms with E-state index in [1.165, 1.54) is 9.80 Å². The van der Waals surface area contributed by atoms with Crippen LogP contribution in [0.15, 0.2) is 0 Å². The maximum absolute atomic E-state index is 12.5. The van der Waals surface area contributed by atoms with Gasteiger partial charge in [0.05, 0.1) is 5.41 Å². The van der Waals surface area contributed by atoms with E-state index in [4.69, 9.17) is 4.74 Å². The Kier molecular flexibility index (Phi) is 5.65. The first-order valence-electron chi connectivity index (χ1n) is 9.33. The number of carbonyl (C=O) groups excluding carboxylic acids is 3. The third kappa shape index (κ3) is 3.26. The van der Waals surface area contributed by atoms with Gasteiger partial charge in [-0.2, -0.15) is 0 Å². The van der Waals surface area contributed by atoms with Gasteiger partial charge in [-0.3, -0.25) is 14.5 Å². The zero-order chi connectivity index (χ0) is 20.8. The van der Waals surface area contributed by atoms with E-state index in [0.29, 0.717) is 6.54 Å². The van der Waals surface area contributed by atoms with Crippen LogP contribution in [0.2, 0.25) is 0 Å². The van der Waals surface area contributed by atoms with Crippen LogP contribution in [0.5, 0.6) is 0 Å². The molecule has 11 heteroatoms. The average molecular weight is 402 g/mol. The van der Waals surface area contributed by atoms with Crippen LogP contribution >= 0.6 is 0 Å². The lowest BCUT2D eigenvalue weighted by Gasteiger charge is -2.42. The molecule has 3 amide bonds. The van der Waals surface area contributed by atoms with E-state index in [9.17, 15) is 39.9 Å². The van der Waals surface area contributed by atoms with Crippen LogP contribution in [0, 0.1) is 5.41 Å². The van der Waals surface area contributed by atoms with E-state index in [-0.39, 0.29) is 44.2 Å². The molecule has 3 rings (SSSR count). The summed E-state index contributed by atoms with van der Waals surface area (Å²) < 4.78 is 5.08. The summed E-state index contributed by atoms with van der Waals surface area (Å²) in [5.74, 6) is -0.454. The standard InChI is InChI=1S/C17H26N2O9/c1-2-19-8(20)7-17(15(19)26)3-5-18(6-4-17)16(27)28-14-12(24)10(22)9(21)11(23)13(14)25/h9-14,21-25H,2-7H2,1H3/t9-,10?,11?,12+,13?,14-/m0/s1. The Hall–Kier alpha value is -1.79. The molecule has 158 valence electrons. The van der Waals surface area contributed by atoms with Gasteiger partial charge >= 0.3 is 6.09 Å². The summed E-state index contributed by atoms with van der Waals surface area (Å²) in [4.78, 5) is 39.4. The topological polar surface area (TPSA) is 168 Å². The molecular formula is C17H26N2O9. The first-order valence-corrected chi connectivity index (χ1v) is 9.33. The van der Waals surface area contributed by atoms with Crippen molar-refractivity contribution < 1.29 is 44.7 Å². The fourth-order valence-electron chi connectivity index (χ4n) is 4.22. The van der Waals surface area contributed by atoms with Gasteiger partial charge in [-0.25, -0.2) is 4.79 Å². The predicted octanol–water partition coefficient (Wildman–Crippen LogP) is -2.83. The fourth-order valence-corrected chi connectivity index (χ4v) is 4.22. The summed E-state index contributed by atoms with van der Waals surface area (Å²) in [6.07, 6.45) is -10.8. The number of aliphatic hydroxyl groups excluding tert-OH is 5. The normalized spacial score (nSPS) is 38.2. The van der Waals surface area contributed by atoms with Crippen molar-refractivity contribution in [3.8, 4) is 0 Å². The van der Waals surface area contributed by atoms with E-state index < -0.39 is 48.1 Å². The van der Waals surface area contributed by atoms with Crippen molar-refractivity contribution in [2.24, 2.45) is 5.41 Å². The third-order valence-corrected chi connectivity index (χ3v) is 6.09. The molecule has 2 aliphatic heterocycles. The Balaban J connectivity index is 1.62. The van der Waals surface area contributed by atoms with E-state index in [1.807, 2.05) is 0 Å². The number of rotatable bonds is 2. The van der Waals surface area contributed by atoms with Crippen molar-refractivity contribution in [1.29, 1.82) is 0 Å². The molecule has 3 aliphatic rings. The van der Waals surface area contributed by atoms with Crippen molar-refractivity contribution >= 4 is 17.9 Å². The Morgan fingerprint density at radius 3 is 1.96 bits per heavy atom. The smallest absolute Gasteiger partial charge is 0.410 e. The third-order valence-electron chi connectivity index (χ3n) is 6.09. The molecule has 0 aromatic heterocycles. The van der Waals surface area contributed by atoms with Crippen molar-refractivity contribution in [3.63, 3.8) is 0 Å². The van der Waals surface area contributed by atoms with Gasteiger partial charge in [-0.15, -0.1) is 0 Å². The van der Waals surface area contributed by atoms with Gasteiger partial charge in [0.1, 0.15) is 30.5 Å². The zero-order valence-electron chi connectivity index (χ0n) is 15.5. The quantitative estimate of drug-likeness (QED) is 0.306. The maximum atomic E-state index is 12.5. The molecule has 28 heavy (non-hydrogen) atoms. The number of piperidine rings is 1. The Morgan fingerprint density at radius 1 is 1.00 bits per heavy atom. The molecule has 3 fully saturated rings. The number of hydrogen-bond donors (Lipinski definition) is 5. The van der Waals surface area contributed by atoms with E-state index in [2.05, 4.69) is 0 Å². The van der Waals surface area contributed by atoms with Gasteiger partial charge in [0.2, 0.25) is 11.8 Å². The van der Waals surface area contributed by atoms with Crippen molar-refractivity contribution in [3.05, 3.63) is 0 Å². The van der Waals surface area contributed by atoms with Crippen LogP contribution in [0.1, 0.15) is 26.2 Å². The van der Waals surface area contributed by atoms with Crippen molar-refractivity contribution in [1.82, 2.24) is 9.80 Å². The largest absolute Gasteiger partial charge is 0.440 e. The Morgan fingerprint density at radius 2 is 1.50 bits per heavy atom. The second-order valence-electron chi connectivity index (χ2n) is 7.69. The van der Waals surface area contributed by atoms with Gasteiger partial charge in [-0.1, -0.05) is 0 Å². The number of aliphatic hydroxyl groups is 5.